The van der Waals surface area contributed by atoms with Crippen molar-refractivity contribution in [3.05, 3.63) is 210 Å². The number of hydrogen-bond acceptors (Lipinski definition) is 1. The second kappa shape index (κ2) is 39.0. The fraction of sp³-hybridized carbons (Fsp3) is 0.288. The van der Waals surface area contributed by atoms with Gasteiger partial charge in [0.2, 0.25) is 0 Å². The standard InChI is InChI=1S/C17H16.C16H16.C14H14.C2H6O.5C2H6/c1-14(16-9-5-3-6-10-16)13-15(2)17-11-7-4-8-12-17;1-12(2)15-5-4-6-16(11-15)14-9-7-13(3)8-10-14;1-11-7-3-5-9-13(11)14-10-6-4-8-12(14)2;1-3-2;5*1-2/h3-13H,1H2,2H3;4-11H,1H2,2-3H3;3-10H,1-2H3;1-2H3;5*1-2H3/b15-13+;;;;;;;;. The maximum Gasteiger partial charge on any atom is 0.0351 e. The van der Waals surface area contributed by atoms with Gasteiger partial charge in [-0.3, -0.25) is 0 Å². The summed E-state index contributed by atoms with van der Waals surface area (Å²) >= 11 is 0. The van der Waals surface area contributed by atoms with Gasteiger partial charge in [-0.2, -0.15) is 0 Å². The van der Waals surface area contributed by atoms with Gasteiger partial charge in [0.25, 0.3) is 0 Å². The molecule has 0 N–H and O–H groups in total. The van der Waals surface area contributed by atoms with Crippen LogP contribution in [0.15, 0.2) is 177 Å². The minimum Gasteiger partial charge on any atom is -0.388 e. The van der Waals surface area contributed by atoms with Gasteiger partial charge in [-0.05, 0) is 102 Å². The zero-order valence-electron chi connectivity index (χ0n) is 40.9. The molecule has 0 bridgehead atoms. The van der Waals surface area contributed by atoms with E-state index >= 15 is 0 Å². The number of allylic oxidation sites excluding steroid dienone is 4. The van der Waals surface area contributed by atoms with Gasteiger partial charge in [-0.25, -0.2) is 0 Å². The Hall–Kier alpha value is -5.50. The third-order valence-electron chi connectivity index (χ3n) is 8.09. The van der Waals surface area contributed by atoms with Crippen molar-refractivity contribution in [3.8, 4) is 22.3 Å². The van der Waals surface area contributed by atoms with Crippen molar-refractivity contribution < 1.29 is 4.74 Å². The Labute approximate surface area is 370 Å². The number of aryl methyl sites for hydroxylation is 3. The Balaban J connectivity index is -0.000000714. The van der Waals surface area contributed by atoms with Crippen LogP contribution in [-0.2, 0) is 4.74 Å². The minimum absolute atomic E-state index is 1.05. The molecule has 1 nitrogen and oxygen atoms in total. The number of methoxy groups -OCH3 is 1. The van der Waals surface area contributed by atoms with Crippen molar-refractivity contribution in [3.63, 3.8) is 0 Å². The molecular weight excluding hydrogens is 725 g/mol. The maximum atomic E-state index is 4.25. The van der Waals surface area contributed by atoms with Crippen LogP contribution in [0.4, 0.5) is 0 Å². The van der Waals surface area contributed by atoms with Gasteiger partial charge < -0.3 is 4.74 Å². The molecule has 0 amide bonds. The topological polar surface area (TPSA) is 9.23 Å². The highest BCUT2D eigenvalue weighted by atomic mass is 16.4. The van der Waals surface area contributed by atoms with Gasteiger partial charge in [-0.15, -0.1) is 0 Å². The van der Waals surface area contributed by atoms with Crippen LogP contribution in [-0.4, -0.2) is 14.2 Å². The second-order valence-corrected chi connectivity index (χ2v) is 12.3. The molecule has 0 aromatic heterocycles. The Kier molecular flexibility index (Phi) is 38.2. The van der Waals surface area contributed by atoms with E-state index in [1.54, 1.807) is 14.2 Å². The zero-order chi connectivity index (χ0) is 46.3. The fourth-order valence-corrected chi connectivity index (χ4v) is 5.24. The Morgan fingerprint density at radius 2 is 0.783 bits per heavy atom. The molecule has 0 radical (unpaired) electrons. The number of rotatable bonds is 6. The van der Waals surface area contributed by atoms with Crippen LogP contribution in [0.2, 0.25) is 0 Å². The van der Waals surface area contributed by atoms with E-state index in [1.807, 2.05) is 100 Å². The molecule has 0 atom stereocenters. The quantitative estimate of drug-likeness (QED) is 0.152. The Morgan fingerprint density at radius 3 is 1.18 bits per heavy atom. The van der Waals surface area contributed by atoms with Gasteiger partial charge >= 0.3 is 0 Å². The summed E-state index contributed by atoms with van der Waals surface area (Å²) in [7, 11) is 3.25. The van der Waals surface area contributed by atoms with Crippen LogP contribution in [0, 0.1) is 20.8 Å². The lowest BCUT2D eigenvalue weighted by atomic mass is 9.97. The van der Waals surface area contributed by atoms with Crippen molar-refractivity contribution in [1.29, 1.82) is 0 Å². The van der Waals surface area contributed by atoms with Crippen LogP contribution in [0.25, 0.3) is 39.0 Å². The van der Waals surface area contributed by atoms with Crippen molar-refractivity contribution in [2.75, 3.05) is 14.2 Å². The van der Waals surface area contributed by atoms with Gasteiger partial charge in [0.05, 0.1) is 0 Å². The number of hydrogen-bond donors (Lipinski definition) is 0. The van der Waals surface area contributed by atoms with Gasteiger partial charge in [0, 0.05) is 14.2 Å². The highest BCUT2D eigenvalue weighted by Gasteiger charge is 2.03. The van der Waals surface area contributed by atoms with E-state index in [4.69, 9.17) is 0 Å². The third kappa shape index (κ3) is 23.8. The lowest BCUT2D eigenvalue weighted by molar-refractivity contribution is 0.277. The average Bonchev–Trinajstić information content (AvgIpc) is 3.32. The van der Waals surface area contributed by atoms with E-state index in [0.717, 1.165) is 11.1 Å². The van der Waals surface area contributed by atoms with Crippen LogP contribution in [0.3, 0.4) is 0 Å². The maximum absolute atomic E-state index is 4.25. The predicted molar refractivity (Wildman–Crippen MR) is 278 cm³/mol. The minimum atomic E-state index is 1.05. The van der Waals surface area contributed by atoms with Gasteiger partial charge in [-0.1, -0.05) is 251 Å². The first kappa shape index (κ1) is 58.8. The monoisotopic (exact) mass is 807 g/mol. The fourth-order valence-electron chi connectivity index (χ4n) is 5.24. The van der Waals surface area contributed by atoms with Gasteiger partial charge in [0.15, 0.2) is 0 Å². The molecule has 324 valence electrons. The lowest BCUT2D eigenvalue weighted by Crippen LogP contribution is -1.85. The first-order chi connectivity index (χ1) is 29.1. The molecule has 0 heterocycles. The van der Waals surface area contributed by atoms with Crippen LogP contribution in [0.1, 0.15) is 116 Å². The van der Waals surface area contributed by atoms with Crippen LogP contribution in [0.5, 0.6) is 0 Å². The third-order valence-corrected chi connectivity index (χ3v) is 8.09. The first-order valence-corrected chi connectivity index (χ1v) is 22.0. The highest BCUT2D eigenvalue weighted by Crippen LogP contribution is 2.26. The predicted octanol–water partition coefficient (Wildman–Crippen LogP) is 18.9. The second-order valence-electron chi connectivity index (χ2n) is 12.3. The summed E-state index contributed by atoms with van der Waals surface area (Å²) in [5, 5.41) is 0. The van der Waals surface area contributed by atoms with Crippen molar-refractivity contribution in [2.24, 2.45) is 0 Å². The van der Waals surface area contributed by atoms with E-state index in [-0.39, 0.29) is 0 Å². The average molecular weight is 807 g/mol. The summed E-state index contributed by atoms with van der Waals surface area (Å²) in [6.45, 7) is 38.7. The lowest BCUT2D eigenvalue weighted by Gasteiger charge is -2.08. The molecule has 0 aliphatic heterocycles. The van der Waals surface area contributed by atoms with E-state index in [1.165, 1.54) is 61.2 Å². The molecule has 1 heteroatoms. The summed E-state index contributed by atoms with van der Waals surface area (Å²) in [6, 6.07) is 54.7. The molecule has 0 saturated heterocycles. The van der Waals surface area contributed by atoms with E-state index in [2.05, 4.69) is 185 Å². The molecule has 0 unspecified atom stereocenters. The molecule has 6 aromatic carbocycles. The van der Waals surface area contributed by atoms with E-state index < -0.39 is 0 Å². The molecule has 60 heavy (non-hydrogen) atoms. The Bertz CT molecular complexity index is 1900. The van der Waals surface area contributed by atoms with Crippen molar-refractivity contribution in [1.82, 2.24) is 0 Å². The number of benzene rings is 6. The van der Waals surface area contributed by atoms with Crippen LogP contribution < -0.4 is 0 Å². The van der Waals surface area contributed by atoms with E-state index in [9.17, 15) is 0 Å². The van der Waals surface area contributed by atoms with Crippen molar-refractivity contribution in [2.45, 2.75) is 104 Å². The molecule has 0 spiro atoms. The number of ether oxygens (including phenoxy) is 1. The molecule has 0 saturated carbocycles. The summed E-state index contributed by atoms with van der Waals surface area (Å²) in [4.78, 5) is 0. The smallest absolute Gasteiger partial charge is 0.0351 e. The van der Waals surface area contributed by atoms with Crippen LogP contribution >= 0.6 is 0 Å². The SMILES string of the molecule is C=C(/C=C(\C)c1ccccc1)c1ccccc1.C=C(C)c1cccc(-c2ccc(C)cc2)c1.CC.CC.CC.CC.CC.COC.Cc1ccccc1-c1ccccc1C. The first-order valence-electron chi connectivity index (χ1n) is 22.0. The van der Waals surface area contributed by atoms with Gasteiger partial charge in [0.1, 0.15) is 0 Å². The normalized spacial score (nSPS) is 9.05. The van der Waals surface area contributed by atoms with E-state index in [0.29, 0.717) is 0 Å². The molecule has 6 aromatic rings. The largest absolute Gasteiger partial charge is 0.388 e. The molecular formula is C59H82O. The summed E-state index contributed by atoms with van der Waals surface area (Å²) in [5.41, 5.74) is 16.2. The zero-order valence-corrected chi connectivity index (χ0v) is 40.9. The molecule has 0 aliphatic carbocycles. The molecule has 0 aliphatic rings. The van der Waals surface area contributed by atoms with Crippen molar-refractivity contribution >= 4 is 16.7 Å². The Morgan fingerprint density at radius 1 is 0.417 bits per heavy atom. The molecule has 0 fully saturated rings. The summed E-state index contributed by atoms with van der Waals surface area (Å²) in [5.74, 6) is 0. The summed E-state index contributed by atoms with van der Waals surface area (Å²) in [6.07, 6.45) is 2.13. The molecule has 6 rings (SSSR count). The highest BCUT2D eigenvalue weighted by molar-refractivity contribution is 5.82. The summed E-state index contributed by atoms with van der Waals surface area (Å²) < 4.78 is 4.25.